The molecule has 1 aromatic carbocycles. The molecule has 0 unspecified atom stereocenters. The highest BCUT2D eigenvalue weighted by Crippen LogP contribution is 2.15. The molecule has 19 heavy (non-hydrogen) atoms. The minimum absolute atomic E-state index is 0.184. The molecule has 1 aliphatic heterocycles. The first-order chi connectivity index (χ1) is 9.06. The second kappa shape index (κ2) is 5.56. The Labute approximate surface area is 111 Å². The van der Waals surface area contributed by atoms with Crippen LogP contribution in [-0.2, 0) is 14.3 Å². The van der Waals surface area contributed by atoms with Gasteiger partial charge >= 0.3 is 12.1 Å². The molecule has 2 atom stereocenters. The van der Waals surface area contributed by atoms with Crippen LogP contribution in [0.1, 0.15) is 25.5 Å². The zero-order valence-electron chi connectivity index (χ0n) is 10.8. The van der Waals surface area contributed by atoms with Crippen molar-refractivity contribution < 1.29 is 19.1 Å². The number of carbonyl (C=O) groups is 2. The molecule has 1 amide bonds. The third kappa shape index (κ3) is 3.34. The van der Waals surface area contributed by atoms with Gasteiger partial charge in [-0.05, 0) is 19.4 Å². The van der Waals surface area contributed by atoms with Crippen molar-refractivity contribution >= 4 is 12.1 Å². The lowest BCUT2D eigenvalue weighted by atomic mass is 10.1. The van der Waals surface area contributed by atoms with Crippen LogP contribution >= 0.6 is 0 Å². The maximum absolute atomic E-state index is 11.6. The summed E-state index contributed by atoms with van der Waals surface area (Å²) in [5.74, 6) is -0.464. The van der Waals surface area contributed by atoms with E-state index in [-0.39, 0.29) is 6.04 Å². The number of alkyl carbamates (subject to hydrolysis) is 1. The molecular weight excluding hydrogens is 246 g/mol. The van der Waals surface area contributed by atoms with Crippen LogP contribution in [0.5, 0.6) is 0 Å². The van der Waals surface area contributed by atoms with E-state index in [1.54, 1.807) is 6.92 Å². The number of hydrogen-bond acceptors (Lipinski definition) is 4. The van der Waals surface area contributed by atoms with Crippen molar-refractivity contribution in [3.8, 4) is 0 Å². The second-order valence-electron chi connectivity index (χ2n) is 4.31. The number of nitrogens with one attached hydrogen (secondary N) is 1. The van der Waals surface area contributed by atoms with Gasteiger partial charge in [0.15, 0.2) is 0 Å². The van der Waals surface area contributed by atoms with Gasteiger partial charge in [-0.15, -0.1) is 0 Å². The molecule has 0 saturated heterocycles. The molecule has 0 aliphatic carbocycles. The van der Waals surface area contributed by atoms with Crippen LogP contribution in [0.25, 0.3) is 0 Å². The number of amides is 1. The van der Waals surface area contributed by atoms with E-state index in [1.165, 1.54) is 6.08 Å². The number of carbonyl (C=O) groups excluding carboxylic acids is 2. The zero-order valence-corrected chi connectivity index (χ0v) is 10.8. The van der Waals surface area contributed by atoms with E-state index in [0.717, 1.165) is 5.56 Å². The standard InChI is InChI=1S/C14H15NO4/c1-9-8-12(18-13(9)16)19-14(17)15-10(2)11-6-4-3-5-7-11/h3-8,10,12H,1-2H3,(H,15,17)/t10-,12+/m1/s1. The van der Waals surface area contributed by atoms with Crippen LogP contribution in [0, 0.1) is 0 Å². The van der Waals surface area contributed by atoms with Crippen molar-refractivity contribution in [3.05, 3.63) is 47.5 Å². The molecule has 1 N–H and O–H groups in total. The third-order valence-corrected chi connectivity index (χ3v) is 2.79. The summed E-state index contributed by atoms with van der Waals surface area (Å²) in [6, 6.07) is 9.32. The van der Waals surface area contributed by atoms with Crippen LogP contribution in [0.2, 0.25) is 0 Å². The molecule has 0 radical (unpaired) electrons. The van der Waals surface area contributed by atoms with Gasteiger partial charge < -0.3 is 14.8 Å². The second-order valence-corrected chi connectivity index (χ2v) is 4.31. The van der Waals surface area contributed by atoms with Crippen molar-refractivity contribution in [2.45, 2.75) is 26.2 Å². The van der Waals surface area contributed by atoms with Crippen LogP contribution in [0.4, 0.5) is 4.79 Å². The molecule has 100 valence electrons. The van der Waals surface area contributed by atoms with Crippen molar-refractivity contribution in [3.63, 3.8) is 0 Å². The van der Waals surface area contributed by atoms with Crippen LogP contribution in [0.3, 0.4) is 0 Å². The smallest absolute Gasteiger partial charge is 0.410 e. The Bertz CT molecular complexity index is 509. The van der Waals surface area contributed by atoms with Gasteiger partial charge in [-0.2, -0.15) is 0 Å². The van der Waals surface area contributed by atoms with Crippen LogP contribution in [-0.4, -0.2) is 18.4 Å². The van der Waals surface area contributed by atoms with E-state index in [4.69, 9.17) is 9.47 Å². The van der Waals surface area contributed by atoms with E-state index < -0.39 is 18.4 Å². The van der Waals surface area contributed by atoms with Gasteiger partial charge in [-0.25, -0.2) is 9.59 Å². The van der Waals surface area contributed by atoms with Crippen molar-refractivity contribution in [2.24, 2.45) is 0 Å². The Kier molecular flexibility index (Phi) is 3.85. The average Bonchev–Trinajstić information content (AvgIpc) is 2.69. The van der Waals surface area contributed by atoms with Crippen molar-refractivity contribution in [1.82, 2.24) is 5.32 Å². The molecule has 0 spiro atoms. The molecule has 1 aromatic rings. The minimum atomic E-state index is -0.935. The Hall–Kier alpha value is -2.30. The Balaban J connectivity index is 1.87. The highest BCUT2D eigenvalue weighted by Gasteiger charge is 2.25. The van der Waals surface area contributed by atoms with E-state index in [2.05, 4.69) is 5.32 Å². The number of benzene rings is 1. The molecular formula is C14H15NO4. The van der Waals surface area contributed by atoms with Gasteiger partial charge in [0, 0.05) is 11.6 Å². The monoisotopic (exact) mass is 261 g/mol. The van der Waals surface area contributed by atoms with Crippen molar-refractivity contribution in [1.29, 1.82) is 0 Å². The average molecular weight is 261 g/mol. The largest absolute Gasteiger partial charge is 0.418 e. The van der Waals surface area contributed by atoms with Gasteiger partial charge in [0.05, 0.1) is 6.04 Å². The number of cyclic esters (lactones) is 1. The van der Waals surface area contributed by atoms with Gasteiger partial charge in [0.25, 0.3) is 6.29 Å². The van der Waals surface area contributed by atoms with Crippen LogP contribution < -0.4 is 5.32 Å². The molecule has 5 nitrogen and oxygen atoms in total. The SMILES string of the molecule is CC1=C[C@H](OC(=O)N[C@H](C)c2ccccc2)OC1=O. The van der Waals surface area contributed by atoms with Crippen molar-refractivity contribution in [2.75, 3.05) is 0 Å². The van der Waals surface area contributed by atoms with Gasteiger partial charge in [0.2, 0.25) is 0 Å². The van der Waals surface area contributed by atoms with E-state index >= 15 is 0 Å². The Morgan fingerprint density at radius 2 is 2.05 bits per heavy atom. The fraction of sp³-hybridized carbons (Fsp3) is 0.286. The zero-order chi connectivity index (χ0) is 13.8. The predicted molar refractivity (Wildman–Crippen MR) is 68.1 cm³/mol. The Morgan fingerprint density at radius 1 is 1.37 bits per heavy atom. The summed E-state index contributed by atoms with van der Waals surface area (Å²) in [6.45, 7) is 3.45. The predicted octanol–water partition coefficient (Wildman–Crippen LogP) is 2.30. The quantitative estimate of drug-likeness (QED) is 0.848. The first kappa shape index (κ1) is 13.1. The Morgan fingerprint density at radius 3 is 2.63 bits per heavy atom. The van der Waals surface area contributed by atoms with Gasteiger partial charge in [-0.1, -0.05) is 30.3 Å². The molecule has 2 rings (SSSR count). The van der Waals surface area contributed by atoms with E-state index in [0.29, 0.717) is 5.57 Å². The lowest BCUT2D eigenvalue weighted by Crippen LogP contribution is -2.30. The number of ether oxygens (including phenoxy) is 2. The lowest BCUT2D eigenvalue weighted by molar-refractivity contribution is -0.151. The number of esters is 1. The molecule has 0 bridgehead atoms. The molecule has 5 heteroatoms. The maximum atomic E-state index is 11.6. The summed E-state index contributed by atoms with van der Waals surface area (Å²) in [7, 11) is 0. The highest BCUT2D eigenvalue weighted by molar-refractivity contribution is 5.90. The molecule has 0 saturated carbocycles. The minimum Gasteiger partial charge on any atom is -0.418 e. The van der Waals surface area contributed by atoms with E-state index in [9.17, 15) is 9.59 Å². The van der Waals surface area contributed by atoms with Gasteiger partial charge in [0.1, 0.15) is 0 Å². The first-order valence-corrected chi connectivity index (χ1v) is 5.98. The molecule has 0 fully saturated rings. The normalized spacial score (nSPS) is 19.4. The fourth-order valence-corrected chi connectivity index (χ4v) is 1.70. The summed E-state index contributed by atoms with van der Waals surface area (Å²) in [5, 5.41) is 2.67. The summed E-state index contributed by atoms with van der Waals surface area (Å²) in [6.07, 6.45) is -0.0923. The van der Waals surface area contributed by atoms with Crippen LogP contribution in [0.15, 0.2) is 42.0 Å². The first-order valence-electron chi connectivity index (χ1n) is 5.98. The highest BCUT2D eigenvalue weighted by atomic mass is 16.7. The third-order valence-electron chi connectivity index (χ3n) is 2.79. The summed E-state index contributed by atoms with van der Waals surface area (Å²) < 4.78 is 9.79. The lowest BCUT2D eigenvalue weighted by Gasteiger charge is -2.16. The molecule has 0 aromatic heterocycles. The van der Waals surface area contributed by atoms with E-state index in [1.807, 2.05) is 37.3 Å². The number of hydrogen-bond donors (Lipinski definition) is 1. The number of rotatable bonds is 3. The van der Waals surface area contributed by atoms with Gasteiger partial charge in [-0.3, -0.25) is 0 Å². The molecule has 1 heterocycles. The topological polar surface area (TPSA) is 64.6 Å². The molecule has 1 aliphatic rings. The fourth-order valence-electron chi connectivity index (χ4n) is 1.70. The summed E-state index contributed by atoms with van der Waals surface area (Å²) in [5.41, 5.74) is 1.41. The summed E-state index contributed by atoms with van der Waals surface area (Å²) >= 11 is 0. The maximum Gasteiger partial charge on any atom is 0.410 e. The summed E-state index contributed by atoms with van der Waals surface area (Å²) in [4.78, 5) is 22.7.